The Labute approximate surface area is 157 Å². The molecule has 0 rings (SSSR count). The van der Waals surface area contributed by atoms with Crippen molar-refractivity contribution < 1.29 is 30.0 Å². The molecule has 0 bridgehead atoms. The highest BCUT2D eigenvalue weighted by Crippen LogP contribution is 2.07. The number of nitrogens with one attached hydrogen (secondary N) is 1. The third-order valence-electron chi connectivity index (χ3n) is 3.51. The summed E-state index contributed by atoms with van der Waals surface area (Å²) in [7, 11) is 0. The van der Waals surface area contributed by atoms with Gasteiger partial charge in [-0.05, 0) is 38.9 Å². The normalized spacial score (nSPS) is 9.46. The molecule has 7 N–H and O–H groups in total. The zero-order valence-electron chi connectivity index (χ0n) is 16.3. The van der Waals surface area contributed by atoms with Gasteiger partial charge in [0, 0.05) is 0 Å². The number of hydrogen-bond acceptors (Lipinski definition) is 4. The molecule has 26 heavy (non-hydrogen) atoms. The Kier molecular flexibility index (Phi) is 31.8. The topological polar surface area (TPSA) is 153 Å². The third kappa shape index (κ3) is 57.1. The molecule has 0 heterocycles. The van der Waals surface area contributed by atoms with Gasteiger partial charge in [0.05, 0.1) is 0 Å². The molecule has 0 saturated heterocycles. The van der Waals surface area contributed by atoms with E-state index in [0.29, 0.717) is 0 Å². The zero-order chi connectivity index (χ0) is 20.5. The summed E-state index contributed by atoms with van der Waals surface area (Å²) in [6.45, 7) is 5.54. The van der Waals surface area contributed by atoms with Crippen LogP contribution < -0.4 is 11.1 Å². The summed E-state index contributed by atoms with van der Waals surface area (Å²) >= 11 is 0. The van der Waals surface area contributed by atoms with Crippen LogP contribution in [0.25, 0.3) is 0 Å². The van der Waals surface area contributed by atoms with Crippen LogP contribution in [0.4, 0.5) is 9.59 Å². The number of carboxylic acid groups (broad SMARTS) is 4. The minimum Gasteiger partial charge on any atom is -0.450 e. The largest absolute Gasteiger partial charge is 0.503 e. The second-order valence-electron chi connectivity index (χ2n) is 5.99. The van der Waals surface area contributed by atoms with Crippen LogP contribution in [0.1, 0.15) is 84.0 Å². The molecular formula is C18H40N2O6. The number of nitrogens with two attached hydrogens (primary N) is 1. The molecule has 8 nitrogen and oxygen atoms in total. The van der Waals surface area contributed by atoms with E-state index in [1.54, 1.807) is 0 Å². The van der Waals surface area contributed by atoms with Gasteiger partial charge in [-0.2, -0.15) is 0 Å². The highest BCUT2D eigenvalue weighted by Gasteiger charge is 1.92. The molecule has 0 aliphatic heterocycles. The van der Waals surface area contributed by atoms with Crippen LogP contribution in [0.3, 0.4) is 0 Å². The lowest BCUT2D eigenvalue weighted by molar-refractivity contribution is 0.135. The predicted octanol–water partition coefficient (Wildman–Crippen LogP) is 4.68. The van der Waals surface area contributed by atoms with Crippen LogP contribution in [0, 0.1) is 0 Å². The van der Waals surface area contributed by atoms with Gasteiger partial charge >= 0.3 is 12.3 Å². The van der Waals surface area contributed by atoms with E-state index in [0.717, 1.165) is 6.54 Å². The van der Waals surface area contributed by atoms with Crippen LogP contribution >= 0.6 is 0 Å². The average molecular weight is 381 g/mol. The fourth-order valence-electron chi connectivity index (χ4n) is 2.26. The molecule has 0 spiro atoms. The van der Waals surface area contributed by atoms with Gasteiger partial charge < -0.3 is 31.5 Å². The first-order valence-corrected chi connectivity index (χ1v) is 9.63. The molecule has 0 saturated carbocycles. The van der Waals surface area contributed by atoms with Crippen molar-refractivity contribution in [1.82, 2.24) is 5.32 Å². The lowest BCUT2D eigenvalue weighted by Gasteiger charge is -2.05. The van der Waals surface area contributed by atoms with E-state index in [9.17, 15) is 0 Å². The average Bonchev–Trinajstić information content (AvgIpc) is 2.54. The van der Waals surface area contributed by atoms with E-state index >= 15 is 0 Å². The molecule has 0 aromatic rings. The second kappa shape index (κ2) is 28.3. The van der Waals surface area contributed by atoms with E-state index in [1.807, 2.05) is 0 Å². The SMILES string of the molecule is CCCCCCCCCCNCCCCCCN.O=C(O)O.O=C(O)O. The first-order valence-electron chi connectivity index (χ1n) is 9.63. The van der Waals surface area contributed by atoms with Crippen molar-refractivity contribution in [2.75, 3.05) is 19.6 Å². The van der Waals surface area contributed by atoms with Crippen LogP contribution in [0.5, 0.6) is 0 Å². The van der Waals surface area contributed by atoms with Crippen LogP contribution in [-0.4, -0.2) is 52.4 Å². The fraction of sp³-hybridized carbons (Fsp3) is 0.889. The number of rotatable bonds is 15. The summed E-state index contributed by atoms with van der Waals surface area (Å²) in [5, 5.41) is 31.4. The fourth-order valence-corrected chi connectivity index (χ4v) is 2.26. The molecule has 0 aromatic heterocycles. The van der Waals surface area contributed by atoms with E-state index in [-0.39, 0.29) is 0 Å². The second-order valence-corrected chi connectivity index (χ2v) is 5.99. The molecule has 8 heteroatoms. The molecule has 0 atom stereocenters. The van der Waals surface area contributed by atoms with E-state index < -0.39 is 12.3 Å². The number of carbonyl (C=O) groups is 2. The van der Waals surface area contributed by atoms with Crippen molar-refractivity contribution in [3.05, 3.63) is 0 Å². The van der Waals surface area contributed by atoms with Crippen molar-refractivity contribution in [2.45, 2.75) is 84.0 Å². The highest BCUT2D eigenvalue weighted by atomic mass is 16.6. The van der Waals surface area contributed by atoms with Crippen LogP contribution in [0.2, 0.25) is 0 Å². The molecule has 0 amide bonds. The summed E-state index contributed by atoms with van der Waals surface area (Å²) in [6, 6.07) is 0. The lowest BCUT2D eigenvalue weighted by Crippen LogP contribution is -2.16. The van der Waals surface area contributed by atoms with Crippen molar-refractivity contribution in [3.63, 3.8) is 0 Å². The molecule has 0 aliphatic rings. The standard InChI is InChI=1S/C16H36N2.2CH2O3/c1-2-3-4-5-6-7-9-12-15-18-16-13-10-8-11-14-17;2*2-1(3)4/h18H,2-17H2,1H3;2*(H2,2,3,4). The molecule has 0 aliphatic carbocycles. The molecule has 0 radical (unpaired) electrons. The molecule has 158 valence electrons. The zero-order valence-corrected chi connectivity index (χ0v) is 16.3. The van der Waals surface area contributed by atoms with Crippen LogP contribution in [-0.2, 0) is 0 Å². The molecular weight excluding hydrogens is 340 g/mol. The van der Waals surface area contributed by atoms with Gasteiger partial charge in [0.15, 0.2) is 0 Å². The first-order chi connectivity index (χ1) is 12.4. The van der Waals surface area contributed by atoms with Crippen molar-refractivity contribution in [1.29, 1.82) is 0 Å². The van der Waals surface area contributed by atoms with Crippen molar-refractivity contribution >= 4 is 12.3 Å². The van der Waals surface area contributed by atoms with Gasteiger partial charge in [0.2, 0.25) is 0 Å². The Hall–Kier alpha value is -1.54. The van der Waals surface area contributed by atoms with Gasteiger partial charge in [-0.1, -0.05) is 64.7 Å². The Bertz CT molecular complexity index is 255. The monoisotopic (exact) mass is 380 g/mol. The van der Waals surface area contributed by atoms with E-state index in [1.165, 1.54) is 90.1 Å². The quantitative estimate of drug-likeness (QED) is 0.224. The maximum atomic E-state index is 8.56. The lowest BCUT2D eigenvalue weighted by atomic mass is 10.1. The smallest absolute Gasteiger partial charge is 0.450 e. The van der Waals surface area contributed by atoms with Crippen molar-refractivity contribution in [3.8, 4) is 0 Å². The van der Waals surface area contributed by atoms with Gasteiger partial charge in [-0.15, -0.1) is 0 Å². The highest BCUT2D eigenvalue weighted by molar-refractivity contribution is 5.53. The maximum Gasteiger partial charge on any atom is 0.503 e. The Morgan fingerprint density at radius 3 is 1.31 bits per heavy atom. The van der Waals surface area contributed by atoms with Gasteiger partial charge in [-0.25, -0.2) is 9.59 Å². The summed E-state index contributed by atoms with van der Waals surface area (Å²) in [4.78, 5) is 17.1. The molecule has 0 fully saturated rings. The van der Waals surface area contributed by atoms with E-state index in [4.69, 9.17) is 35.7 Å². The number of hydrogen-bond donors (Lipinski definition) is 6. The molecule has 0 aromatic carbocycles. The third-order valence-corrected chi connectivity index (χ3v) is 3.51. The summed E-state index contributed by atoms with van der Waals surface area (Å²) in [5.74, 6) is 0. The Morgan fingerprint density at radius 1 is 0.654 bits per heavy atom. The van der Waals surface area contributed by atoms with Crippen LogP contribution in [0.15, 0.2) is 0 Å². The summed E-state index contributed by atoms with van der Waals surface area (Å²) in [5.41, 5.74) is 5.46. The predicted molar refractivity (Wildman–Crippen MR) is 104 cm³/mol. The van der Waals surface area contributed by atoms with Gasteiger partial charge in [0.25, 0.3) is 0 Å². The summed E-state index contributed by atoms with van der Waals surface area (Å²) < 4.78 is 0. The number of unbranched alkanes of at least 4 members (excludes halogenated alkanes) is 10. The van der Waals surface area contributed by atoms with Gasteiger partial charge in [0.1, 0.15) is 0 Å². The Balaban J connectivity index is -0.000000551. The van der Waals surface area contributed by atoms with Crippen molar-refractivity contribution in [2.24, 2.45) is 5.73 Å². The molecule has 0 unspecified atom stereocenters. The maximum absolute atomic E-state index is 8.56. The first kappa shape index (κ1) is 29.2. The van der Waals surface area contributed by atoms with E-state index in [2.05, 4.69) is 12.2 Å². The van der Waals surface area contributed by atoms with Gasteiger partial charge in [-0.3, -0.25) is 0 Å². The minimum atomic E-state index is -1.83. The Morgan fingerprint density at radius 2 is 0.962 bits per heavy atom. The summed E-state index contributed by atoms with van der Waals surface area (Å²) in [6.07, 6.45) is 12.8. The minimum absolute atomic E-state index is 0.853.